The zero-order valence-corrected chi connectivity index (χ0v) is 12.4. The smallest absolute Gasteiger partial charge is 0.358 e. The minimum absolute atomic E-state index is 0. The van der Waals surface area contributed by atoms with Crippen LogP contribution in [0.15, 0.2) is 6.07 Å². The van der Waals surface area contributed by atoms with Crippen molar-refractivity contribution in [3.63, 3.8) is 0 Å². The SMILES string of the molecule is Cc1c[c-](C)c2c1CCCC2.[CH3-].[CH3-].[Zr+3]. The minimum Gasteiger partial charge on any atom is -0.358 e. The summed E-state index contributed by atoms with van der Waals surface area (Å²) in [5.41, 5.74) is 6.37. The van der Waals surface area contributed by atoms with Gasteiger partial charge in [-0.2, -0.15) is 28.3 Å². The summed E-state index contributed by atoms with van der Waals surface area (Å²) in [5.74, 6) is 0. The van der Waals surface area contributed by atoms with E-state index in [0.29, 0.717) is 0 Å². The van der Waals surface area contributed by atoms with Gasteiger partial charge in [-0.15, -0.1) is 0 Å². The fourth-order valence-corrected chi connectivity index (χ4v) is 2.27. The molecule has 1 aromatic carbocycles. The second kappa shape index (κ2) is 6.67. The van der Waals surface area contributed by atoms with E-state index in [0.717, 1.165) is 0 Å². The molecule has 1 radical (unpaired) electrons. The van der Waals surface area contributed by atoms with E-state index in [1.54, 1.807) is 11.1 Å². The van der Waals surface area contributed by atoms with E-state index < -0.39 is 0 Å². The maximum Gasteiger partial charge on any atom is 3.00 e. The number of fused-ring (bicyclic) bond motifs is 1. The molecule has 0 saturated heterocycles. The largest absolute Gasteiger partial charge is 3.00 e. The molecule has 1 aliphatic carbocycles. The summed E-state index contributed by atoms with van der Waals surface area (Å²) in [6.45, 7) is 4.49. The van der Waals surface area contributed by atoms with Crippen LogP contribution in [-0.2, 0) is 39.0 Å². The van der Waals surface area contributed by atoms with Crippen LogP contribution in [0.5, 0.6) is 0 Å². The van der Waals surface area contributed by atoms with Gasteiger partial charge in [-0.3, -0.25) is 0 Å². The van der Waals surface area contributed by atoms with Gasteiger partial charge in [-0.05, 0) is 0 Å². The molecule has 0 spiro atoms. The predicted octanol–water partition coefficient (Wildman–Crippen LogP) is 3.80. The summed E-state index contributed by atoms with van der Waals surface area (Å²) in [7, 11) is 0. The van der Waals surface area contributed by atoms with E-state index >= 15 is 0 Å². The average molecular weight is 269 g/mol. The molecular weight excluding hydrogens is 247 g/mol. The molecule has 0 N–H and O–H groups in total. The van der Waals surface area contributed by atoms with Crippen molar-refractivity contribution in [1.82, 2.24) is 0 Å². The normalized spacial score (nSPS) is 13.0. The van der Waals surface area contributed by atoms with Gasteiger partial charge in [0.1, 0.15) is 0 Å². The van der Waals surface area contributed by atoms with Crippen molar-refractivity contribution in [1.29, 1.82) is 0 Å². The van der Waals surface area contributed by atoms with Crippen LogP contribution >= 0.6 is 0 Å². The Hall–Kier alpha value is 0.233. The zero-order valence-electron chi connectivity index (χ0n) is 9.91. The molecule has 2 rings (SSSR count). The van der Waals surface area contributed by atoms with Crippen LogP contribution in [0.1, 0.15) is 35.1 Å². The Morgan fingerprint density at radius 3 is 2.29 bits per heavy atom. The molecule has 0 bridgehead atoms. The van der Waals surface area contributed by atoms with Gasteiger partial charge in [0.15, 0.2) is 0 Å². The Bertz CT molecular complexity index is 245. The Morgan fingerprint density at radius 1 is 1.14 bits per heavy atom. The maximum absolute atomic E-state index is 2.34. The average Bonchev–Trinajstić information content (AvgIpc) is 2.30. The van der Waals surface area contributed by atoms with E-state index in [1.807, 2.05) is 0 Å². The van der Waals surface area contributed by atoms with E-state index in [1.165, 1.54) is 36.8 Å². The number of hydrogen-bond acceptors (Lipinski definition) is 0. The molecule has 0 amide bonds. The molecule has 0 saturated carbocycles. The molecule has 0 aromatic heterocycles. The van der Waals surface area contributed by atoms with Crippen molar-refractivity contribution >= 4 is 0 Å². The second-order valence-electron chi connectivity index (χ2n) is 3.67. The third kappa shape index (κ3) is 2.86. The third-order valence-electron chi connectivity index (χ3n) is 2.85. The van der Waals surface area contributed by atoms with Gasteiger partial charge >= 0.3 is 26.2 Å². The van der Waals surface area contributed by atoms with E-state index in [2.05, 4.69) is 19.9 Å². The van der Waals surface area contributed by atoms with Crippen LogP contribution in [-0.4, -0.2) is 0 Å². The summed E-state index contributed by atoms with van der Waals surface area (Å²) >= 11 is 0. The first-order valence-electron chi connectivity index (χ1n) is 4.53. The minimum atomic E-state index is 0. The van der Waals surface area contributed by atoms with Gasteiger partial charge < -0.3 is 14.9 Å². The summed E-state index contributed by atoms with van der Waals surface area (Å²) in [5, 5.41) is 0. The maximum atomic E-state index is 2.34. The molecule has 0 fully saturated rings. The van der Waals surface area contributed by atoms with Crippen molar-refractivity contribution in [3.8, 4) is 0 Å². The Labute approximate surface area is 109 Å². The Morgan fingerprint density at radius 2 is 1.71 bits per heavy atom. The second-order valence-corrected chi connectivity index (χ2v) is 3.67. The summed E-state index contributed by atoms with van der Waals surface area (Å²) in [4.78, 5) is 0. The molecule has 0 heterocycles. The first-order valence-corrected chi connectivity index (χ1v) is 4.53. The molecule has 0 atom stereocenters. The van der Waals surface area contributed by atoms with Crippen LogP contribution in [0.3, 0.4) is 0 Å². The standard InChI is InChI=1S/C11H15.2CH3.Zr/c1-8-7-9(2)11-6-4-3-5-10(8)11;;;/h7H,3-6H2,1-2H3;2*1H3;/q3*-1;+3. The van der Waals surface area contributed by atoms with Gasteiger partial charge in [-0.1, -0.05) is 39.5 Å². The first-order chi connectivity index (χ1) is 5.29. The predicted molar refractivity (Wildman–Crippen MR) is 61.0 cm³/mol. The molecule has 14 heavy (non-hydrogen) atoms. The summed E-state index contributed by atoms with van der Waals surface area (Å²) < 4.78 is 0. The molecule has 0 aliphatic heterocycles. The van der Waals surface area contributed by atoms with Crippen LogP contribution in [0.4, 0.5) is 0 Å². The van der Waals surface area contributed by atoms with E-state index in [-0.39, 0.29) is 41.1 Å². The molecule has 77 valence electrons. The summed E-state index contributed by atoms with van der Waals surface area (Å²) in [6, 6.07) is 2.34. The Kier molecular flexibility index (Phi) is 7.93. The quantitative estimate of drug-likeness (QED) is 0.628. The third-order valence-corrected chi connectivity index (χ3v) is 2.85. The van der Waals surface area contributed by atoms with Crippen LogP contribution in [0, 0.1) is 28.7 Å². The first kappa shape index (κ1) is 16.7. The van der Waals surface area contributed by atoms with Crippen molar-refractivity contribution in [2.24, 2.45) is 0 Å². The van der Waals surface area contributed by atoms with Crippen LogP contribution in [0.2, 0.25) is 0 Å². The summed E-state index contributed by atoms with van der Waals surface area (Å²) in [6.07, 6.45) is 5.46. The molecular formula is C13H21Zr. The molecule has 1 aromatic rings. The fraction of sp³-hybridized carbons (Fsp3) is 0.462. The van der Waals surface area contributed by atoms with Gasteiger partial charge in [0.25, 0.3) is 0 Å². The van der Waals surface area contributed by atoms with E-state index in [4.69, 9.17) is 0 Å². The van der Waals surface area contributed by atoms with Gasteiger partial charge in [-0.25, -0.2) is 0 Å². The van der Waals surface area contributed by atoms with Gasteiger partial charge in [0.2, 0.25) is 0 Å². The molecule has 0 nitrogen and oxygen atoms in total. The fourth-order valence-electron chi connectivity index (χ4n) is 2.27. The molecule has 1 aliphatic rings. The van der Waals surface area contributed by atoms with Crippen LogP contribution < -0.4 is 0 Å². The molecule has 1 heteroatoms. The zero-order chi connectivity index (χ0) is 7.84. The topological polar surface area (TPSA) is 0 Å². The monoisotopic (exact) mass is 267 g/mol. The molecule has 0 unspecified atom stereocenters. The van der Waals surface area contributed by atoms with Crippen molar-refractivity contribution < 1.29 is 26.2 Å². The number of aryl methyl sites for hydroxylation is 2. The number of rotatable bonds is 0. The van der Waals surface area contributed by atoms with Crippen molar-refractivity contribution in [2.75, 3.05) is 0 Å². The number of hydrogen-bond donors (Lipinski definition) is 0. The van der Waals surface area contributed by atoms with Gasteiger partial charge in [0, 0.05) is 0 Å². The van der Waals surface area contributed by atoms with Crippen LogP contribution in [0.25, 0.3) is 0 Å². The van der Waals surface area contributed by atoms with Crippen molar-refractivity contribution in [3.05, 3.63) is 43.2 Å². The van der Waals surface area contributed by atoms with E-state index in [9.17, 15) is 0 Å². The van der Waals surface area contributed by atoms with Gasteiger partial charge in [0.05, 0.1) is 0 Å². The Balaban J connectivity index is 0. The van der Waals surface area contributed by atoms with Crippen molar-refractivity contribution in [2.45, 2.75) is 39.5 Å².